The van der Waals surface area contributed by atoms with Crippen LogP contribution in [0.15, 0.2) is 24.3 Å². The number of nitrogens with zero attached hydrogens (tertiary/aromatic N) is 3. The van der Waals surface area contributed by atoms with Crippen molar-refractivity contribution in [3.63, 3.8) is 0 Å². The van der Waals surface area contributed by atoms with Crippen molar-refractivity contribution < 1.29 is 14.3 Å². The standard InChI is InChI=1S/C19H19ClN4O3/c1-11-16(12(2)24(4)23-11)7-8-18(25)27-13(3)19(26)22-15-6-5-14(10-21)17(20)9-15/h5-9,13H,1-4H3,(H,22,26)/b8-7+/t13-/m1/s1. The Morgan fingerprint density at radius 1 is 1.41 bits per heavy atom. The van der Waals surface area contributed by atoms with Gasteiger partial charge in [0.25, 0.3) is 5.91 Å². The number of aryl methyl sites for hydroxylation is 2. The summed E-state index contributed by atoms with van der Waals surface area (Å²) in [6.07, 6.45) is 1.87. The zero-order chi connectivity index (χ0) is 20.1. The smallest absolute Gasteiger partial charge is 0.331 e. The second-order valence-corrected chi connectivity index (χ2v) is 6.32. The molecule has 1 aromatic carbocycles. The van der Waals surface area contributed by atoms with E-state index in [2.05, 4.69) is 10.4 Å². The third-order valence-electron chi connectivity index (χ3n) is 3.97. The van der Waals surface area contributed by atoms with Crippen molar-refractivity contribution in [1.29, 1.82) is 5.26 Å². The Kier molecular flexibility index (Phi) is 6.37. The first-order chi connectivity index (χ1) is 12.7. The number of aromatic nitrogens is 2. The lowest BCUT2D eigenvalue weighted by molar-refractivity contribution is -0.148. The minimum absolute atomic E-state index is 0.227. The zero-order valence-electron chi connectivity index (χ0n) is 15.4. The number of amides is 1. The molecule has 2 rings (SSSR count). The normalized spacial score (nSPS) is 11.9. The number of rotatable bonds is 5. The van der Waals surface area contributed by atoms with Gasteiger partial charge in [-0.3, -0.25) is 9.48 Å². The SMILES string of the molecule is Cc1nn(C)c(C)c1/C=C/C(=O)O[C@H](C)C(=O)Nc1ccc(C#N)c(Cl)c1. The number of ether oxygens (including phenoxy) is 1. The number of carbonyl (C=O) groups is 2. The van der Waals surface area contributed by atoms with E-state index in [0.717, 1.165) is 17.0 Å². The molecule has 1 heterocycles. The highest BCUT2D eigenvalue weighted by molar-refractivity contribution is 6.32. The number of halogens is 1. The maximum Gasteiger partial charge on any atom is 0.331 e. The third-order valence-corrected chi connectivity index (χ3v) is 4.28. The number of benzene rings is 1. The lowest BCUT2D eigenvalue weighted by Gasteiger charge is -2.12. The van der Waals surface area contributed by atoms with Gasteiger partial charge in [-0.15, -0.1) is 0 Å². The molecule has 0 saturated heterocycles. The van der Waals surface area contributed by atoms with Crippen molar-refractivity contribution in [3.05, 3.63) is 51.8 Å². The first kappa shape index (κ1) is 20.2. The minimum Gasteiger partial charge on any atom is -0.449 e. The molecule has 0 unspecified atom stereocenters. The number of hydrogen-bond acceptors (Lipinski definition) is 5. The van der Waals surface area contributed by atoms with Crippen LogP contribution in [0.3, 0.4) is 0 Å². The van der Waals surface area contributed by atoms with Crippen LogP contribution in [0.2, 0.25) is 5.02 Å². The summed E-state index contributed by atoms with van der Waals surface area (Å²) in [5.74, 6) is -1.15. The van der Waals surface area contributed by atoms with E-state index in [1.807, 2.05) is 27.0 Å². The second-order valence-electron chi connectivity index (χ2n) is 5.92. The van der Waals surface area contributed by atoms with Gasteiger partial charge in [0.05, 0.1) is 16.3 Å². The topological polar surface area (TPSA) is 97.0 Å². The Morgan fingerprint density at radius 2 is 2.11 bits per heavy atom. The molecule has 0 radical (unpaired) electrons. The molecule has 1 N–H and O–H groups in total. The average Bonchev–Trinajstić information content (AvgIpc) is 2.85. The summed E-state index contributed by atoms with van der Waals surface area (Å²) in [5, 5.41) is 15.9. The fraction of sp³-hybridized carbons (Fsp3) is 0.263. The van der Waals surface area contributed by atoms with Gasteiger partial charge >= 0.3 is 5.97 Å². The lowest BCUT2D eigenvalue weighted by Crippen LogP contribution is -2.29. The molecule has 27 heavy (non-hydrogen) atoms. The molecule has 0 spiro atoms. The second kappa shape index (κ2) is 8.52. The molecular formula is C19H19ClN4O3. The first-order valence-corrected chi connectivity index (χ1v) is 8.50. The van der Waals surface area contributed by atoms with E-state index in [9.17, 15) is 9.59 Å². The van der Waals surface area contributed by atoms with E-state index < -0.39 is 18.0 Å². The summed E-state index contributed by atoms with van der Waals surface area (Å²) in [5.41, 5.74) is 3.26. The molecule has 0 aliphatic heterocycles. The predicted molar refractivity (Wildman–Crippen MR) is 102 cm³/mol. The van der Waals surface area contributed by atoms with Gasteiger partial charge in [-0.1, -0.05) is 11.6 Å². The fourth-order valence-electron chi connectivity index (χ4n) is 2.38. The largest absolute Gasteiger partial charge is 0.449 e. The highest BCUT2D eigenvalue weighted by atomic mass is 35.5. The number of nitrogens with one attached hydrogen (secondary N) is 1. The molecule has 0 aliphatic carbocycles. The van der Waals surface area contributed by atoms with Gasteiger partial charge in [-0.25, -0.2) is 4.79 Å². The Balaban J connectivity index is 1.97. The molecule has 0 bridgehead atoms. The maximum absolute atomic E-state index is 12.2. The molecule has 1 atom stereocenters. The first-order valence-electron chi connectivity index (χ1n) is 8.12. The van der Waals surface area contributed by atoms with Gasteiger partial charge in [0, 0.05) is 30.1 Å². The molecule has 0 fully saturated rings. The quantitative estimate of drug-likeness (QED) is 0.628. The monoisotopic (exact) mass is 386 g/mol. The van der Waals surface area contributed by atoms with Crippen molar-refractivity contribution in [3.8, 4) is 6.07 Å². The molecule has 1 amide bonds. The van der Waals surface area contributed by atoms with E-state index in [-0.39, 0.29) is 5.02 Å². The summed E-state index contributed by atoms with van der Waals surface area (Å²) in [6, 6.07) is 6.44. The number of esters is 1. The summed E-state index contributed by atoms with van der Waals surface area (Å²) >= 11 is 5.93. The van der Waals surface area contributed by atoms with Crippen molar-refractivity contribution in [2.75, 3.05) is 5.32 Å². The Labute approximate surface area is 162 Å². The Bertz CT molecular complexity index is 957. The zero-order valence-corrected chi connectivity index (χ0v) is 16.2. The molecule has 0 aliphatic rings. The van der Waals surface area contributed by atoms with Crippen LogP contribution in [0.4, 0.5) is 5.69 Å². The van der Waals surface area contributed by atoms with Gasteiger partial charge in [-0.05, 0) is 45.0 Å². The molecule has 8 heteroatoms. The third kappa shape index (κ3) is 4.96. The molecular weight excluding hydrogens is 368 g/mol. The number of hydrogen-bond donors (Lipinski definition) is 1. The molecule has 140 valence electrons. The van der Waals surface area contributed by atoms with Gasteiger partial charge in [0.2, 0.25) is 0 Å². The summed E-state index contributed by atoms with van der Waals surface area (Å²) in [6.45, 7) is 5.20. The van der Waals surface area contributed by atoms with Gasteiger partial charge in [0.15, 0.2) is 6.10 Å². The van der Waals surface area contributed by atoms with Crippen LogP contribution in [0, 0.1) is 25.2 Å². The highest BCUT2D eigenvalue weighted by Crippen LogP contribution is 2.20. The average molecular weight is 387 g/mol. The summed E-state index contributed by atoms with van der Waals surface area (Å²) in [4.78, 5) is 24.1. The molecule has 0 saturated carbocycles. The maximum atomic E-state index is 12.2. The fourth-order valence-corrected chi connectivity index (χ4v) is 2.60. The number of carbonyl (C=O) groups excluding carboxylic acids is 2. The Hall–Kier alpha value is -3.11. The van der Waals surface area contributed by atoms with Crippen LogP contribution in [-0.4, -0.2) is 27.8 Å². The Morgan fingerprint density at radius 3 is 2.67 bits per heavy atom. The molecule has 2 aromatic rings. The van der Waals surface area contributed by atoms with Crippen LogP contribution in [0.5, 0.6) is 0 Å². The van der Waals surface area contributed by atoms with E-state index in [4.69, 9.17) is 21.6 Å². The lowest BCUT2D eigenvalue weighted by atomic mass is 10.2. The van der Waals surface area contributed by atoms with Gasteiger partial charge < -0.3 is 10.1 Å². The van der Waals surface area contributed by atoms with Crippen molar-refractivity contribution in [2.24, 2.45) is 7.05 Å². The van der Waals surface area contributed by atoms with Crippen molar-refractivity contribution in [2.45, 2.75) is 26.9 Å². The summed E-state index contributed by atoms with van der Waals surface area (Å²) < 4.78 is 6.84. The van der Waals surface area contributed by atoms with Gasteiger partial charge in [-0.2, -0.15) is 10.4 Å². The van der Waals surface area contributed by atoms with E-state index in [1.165, 1.54) is 25.1 Å². The molecule has 7 nitrogen and oxygen atoms in total. The van der Waals surface area contributed by atoms with Gasteiger partial charge in [0.1, 0.15) is 6.07 Å². The number of nitriles is 1. The summed E-state index contributed by atoms with van der Waals surface area (Å²) in [7, 11) is 1.82. The van der Waals surface area contributed by atoms with E-state index in [1.54, 1.807) is 16.8 Å². The predicted octanol–water partition coefficient (Wildman–Crippen LogP) is 3.15. The van der Waals surface area contributed by atoms with Crippen LogP contribution in [0.1, 0.15) is 29.4 Å². The van der Waals surface area contributed by atoms with Crippen molar-refractivity contribution >= 4 is 35.2 Å². The highest BCUT2D eigenvalue weighted by Gasteiger charge is 2.17. The van der Waals surface area contributed by atoms with E-state index >= 15 is 0 Å². The molecule has 1 aromatic heterocycles. The van der Waals surface area contributed by atoms with Crippen LogP contribution < -0.4 is 5.32 Å². The minimum atomic E-state index is -1.01. The van der Waals surface area contributed by atoms with Crippen LogP contribution in [0.25, 0.3) is 6.08 Å². The van der Waals surface area contributed by atoms with Crippen LogP contribution >= 0.6 is 11.6 Å². The van der Waals surface area contributed by atoms with E-state index in [0.29, 0.717) is 11.3 Å². The van der Waals surface area contributed by atoms with Crippen molar-refractivity contribution in [1.82, 2.24) is 9.78 Å². The number of anilines is 1. The van der Waals surface area contributed by atoms with Crippen LogP contribution in [-0.2, 0) is 21.4 Å².